The number of ether oxygens (including phenoxy) is 6. The van der Waals surface area contributed by atoms with Crippen LogP contribution >= 0.6 is 0 Å². The summed E-state index contributed by atoms with van der Waals surface area (Å²) in [4.78, 5) is 14.2. The minimum atomic E-state index is -1.93. The molecule has 4 heterocycles. The molecule has 0 aliphatic carbocycles. The van der Waals surface area contributed by atoms with Gasteiger partial charge in [0.1, 0.15) is 89.3 Å². The van der Waals surface area contributed by atoms with Gasteiger partial charge in [-0.2, -0.15) is 0 Å². The Morgan fingerprint density at radius 3 is 1.96 bits per heavy atom. The molecule has 6 rings (SSSR count). The summed E-state index contributed by atoms with van der Waals surface area (Å²) in [6.07, 6.45) is -24.0. The predicted molar refractivity (Wildman–Crippen MR) is 167 cm³/mol. The molecule has 3 aromatic rings. The van der Waals surface area contributed by atoms with Crippen molar-refractivity contribution in [1.29, 1.82) is 0 Å². The van der Waals surface area contributed by atoms with Gasteiger partial charge in [-0.3, -0.25) is 4.79 Å². The van der Waals surface area contributed by atoms with Crippen LogP contribution in [0, 0.1) is 0 Å². The molecule has 3 saturated heterocycles. The highest BCUT2D eigenvalue weighted by atomic mass is 16.8. The third-order valence-electron chi connectivity index (χ3n) is 8.94. The number of hydrogen-bond acceptors (Lipinski definition) is 20. The largest absolute Gasteiger partial charge is 0.508 e. The second-order valence-corrected chi connectivity index (χ2v) is 12.4. The quantitative estimate of drug-likeness (QED) is 0.0986. The second-order valence-electron chi connectivity index (χ2n) is 12.4. The van der Waals surface area contributed by atoms with Crippen molar-refractivity contribution >= 4 is 11.0 Å². The van der Waals surface area contributed by atoms with Crippen LogP contribution in [0.4, 0.5) is 0 Å². The smallest absolute Gasteiger partial charge is 0.239 e. The van der Waals surface area contributed by atoms with Crippen LogP contribution in [0.25, 0.3) is 22.3 Å². The van der Waals surface area contributed by atoms with Gasteiger partial charge in [0.05, 0.1) is 19.8 Å². The van der Waals surface area contributed by atoms with E-state index in [9.17, 15) is 66.1 Å². The molecule has 2 aromatic carbocycles. The molecule has 0 amide bonds. The van der Waals surface area contributed by atoms with Crippen LogP contribution < -0.4 is 14.9 Å². The van der Waals surface area contributed by atoms with Crippen molar-refractivity contribution in [3.05, 3.63) is 46.6 Å². The summed E-state index contributed by atoms with van der Waals surface area (Å²) in [5.74, 6) is -2.26. The second kappa shape index (κ2) is 15.3. The van der Waals surface area contributed by atoms with E-state index in [0.29, 0.717) is 0 Å². The molecule has 20 nitrogen and oxygen atoms in total. The van der Waals surface area contributed by atoms with Crippen LogP contribution in [0.15, 0.2) is 45.6 Å². The molecule has 52 heavy (non-hydrogen) atoms. The van der Waals surface area contributed by atoms with Gasteiger partial charge in [0.25, 0.3) is 0 Å². The molecule has 0 bridgehead atoms. The Labute approximate surface area is 292 Å². The van der Waals surface area contributed by atoms with Gasteiger partial charge in [-0.05, 0) is 24.3 Å². The molecule has 0 unspecified atom stereocenters. The van der Waals surface area contributed by atoms with Gasteiger partial charge in [-0.15, -0.1) is 0 Å². The molecule has 20 heteroatoms. The number of phenols is 2. The Balaban J connectivity index is 1.41. The third kappa shape index (κ3) is 7.14. The molecule has 286 valence electrons. The van der Waals surface area contributed by atoms with Crippen LogP contribution in [0.5, 0.6) is 23.0 Å². The first-order valence-electron chi connectivity index (χ1n) is 15.9. The van der Waals surface area contributed by atoms with Crippen LogP contribution in [-0.4, -0.2) is 167 Å². The van der Waals surface area contributed by atoms with E-state index >= 15 is 0 Å². The van der Waals surface area contributed by atoms with Gasteiger partial charge in [-0.1, -0.05) is 0 Å². The van der Waals surface area contributed by atoms with Crippen molar-refractivity contribution in [2.75, 3.05) is 19.8 Å². The normalized spacial score (nSPS) is 36.8. The Hall–Kier alpha value is -3.71. The van der Waals surface area contributed by atoms with Crippen LogP contribution in [0.1, 0.15) is 0 Å². The fourth-order valence-corrected chi connectivity index (χ4v) is 6.00. The molecule has 3 aliphatic rings. The van der Waals surface area contributed by atoms with Crippen LogP contribution in [0.3, 0.4) is 0 Å². The molecule has 3 fully saturated rings. The Kier molecular flexibility index (Phi) is 11.2. The van der Waals surface area contributed by atoms with E-state index in [2.05, 4.69) is 0 Å². The fourth-order valence-electron chi connectivity index (χ4n) is 6.00. The molecular weight excluding hydrogens is 704 g/mol. The van der Waals surface area contributed by atoms with Gasteiger partial charge < -0.3 is 94.1 Å². The molecule has 14 atom stereocenters. The lowest BCUT2D eigenvalue weighted by Crippen LogP contribution is -2.64. The van der Waals surface area contributed by atoms with E-state index in [-0.39, 0.29) is 28.4 Å². The number of aliphatic hydroxyl groups is 10. The molecule has 0 spiro atoms. The highest BCUT2D eigenvalue weighted by molar-refractivity contribution is 5.88. The maximum atomic E-state index is 14.2. The lowest BCUT2D eigenvalue weighted by molar-refractivity contribution is -0.345. The molecule has 0 saturated carbocycles. The van der Waals surface area contributed by atoms with E-state index in [1.165, 1.54) is 24.3 Å². The number of fused-ring (bicyclic) bond motifs is 1. The highest BCUT2D eigenvalue weighted by Crippen LogP contribution is 2.39. The van der Waals surface area contributed by atoms with Crippen LogP contribution in [-0.2, 0) is 18.9 Å². The zero-order valence-electron chi connectivity index (χ0n) is 26.8. The third-order valence-corrected chi connectivity index (χ3v) is 8.94. The van der Waals surface area contributed by atoms with Gasteiger partial charge in [0.2, 0.25) is 23.8 Å². The summed E-state index contributed by atoms with van der Waals surface area (Å²) in [7, 11) is 0. The average molecular weight is 743 g/mol. The first-order chi connectivity index (χ1) is 24.7. The lowest BCUT2D eigenvalue weighted by atomic mass is 9.98. The Morgan fingerprint density at radius 1 is 0.692 bits per heavy atom. The summed E-state index contributed by atoms with van der Waals surface area (Å²) in [5.41, 5.74) is -1.30. The lowest BCUT2D eigenvalue weighted by Gasteiger charge is -2.44. The number of aliphatic hydroxyl groups excluding tert-OH is 10. The maximum Gasteiger partial charge on any atom is 0.239 e. The van der Waals surface area contributed by atoms with Gasteiger partial charge in [0, 0.05) is 17.7 Å². The number of phenolic OH excluding ortho intramolecular Hbond substituents is 2. The predicted octanol–water partition coefficient (Wildman–Crippen LogP) is -4.31. The number of rotatable bonds is 9. The standard InChI is InChI=1S/C32H38O20/c33-7-16-20(39)23(42)26(45)31(49-16)47-12-5-13(36)18-15(6-12)48-27(10-1-3-11(35)4-2-10)28(22(18)41)51-32-29(24(43)21(40)17(8-34)50-32)52-30-25(44)19(38)14(37)9-46-30/h1-6,14,16-17,19-21,23-26,29-40,42-45H,7-9H2/t14-,16-,17-,19-,20+,21+,23-,24+,25-,26+,29+,30+,31+,32-/m0/s1. The van der Waals surface area contributed by atoms with Crippen molar-refractivity contribution in [3.63, 3.8) is 0 Å². The molecule has 0 radical (unpaired) electrons. The Bertz CT molecular complexity index is 1750. The number of benzene rings is 2. The highest BCUT2D eigenvalue weighted by Gasteiger charge is 2.50. The van der Waals surface area contributed by atoms with E-state index < -0.39 is 128 Å². The summed E-state index contributed by atoms with van der Waals surface area (Å²) in [6.45, 7) is -2.10. The number of hydrogen-bond donors (Lipinski definition) is 12. The zero-order valence-corrected chi connectivity index (χ0v) is 26.8. The van der Waals surface area contributed by atoms with Gasteiger partial charge in [0.15, 0.2) is 18.2 Å². The van der Waals surface area contributed by atoms with Crippen molar-refractivity contribution in [2.24, 2.45) is 0 Å². The summed E-state index contributed by atoms with van der Waals surface area (Å²) < 4.78 is 39.5. The number of aromatic hydroxyl groups is 2. The summed E-state index contributed by atoms with van der Waals surface area (Å²) >= 11 is 0. The maximum absolute atomic E-state index is 14.2. The van der Waals surface area contributed by atoms with Crippen molar-refractivity contribution in [2.45, 2.75) is 86.0 Å². The average Bonchev–Trinajstić information content (AvgIpc) is 3.12. The summed E-state index contributed by atoms with van der Waals surface area (Å²) in [5, 5.41) is 123. The SMILES string of the molecule is O=c1c(O[C@@H]2O[C@@H](CO)[C@@H](O)[C@@H](O)[C@H]2O[C@H]2OC[C@H](O)[C@H](O)[C@@H]2O)c(-c2ccc(O)cc2)oc2cc(O[C@@H]3O[C@@H](CO)[C@@H](O)[C@H](O)[C@H]3O)cc(O)c12. The molecule has 3 aliphatic heterocycles. The Morgan fingerprint density at radius 2 is 1.31 bits per heavy atom. The first-order valence-corrected chi connectivity index (χ1v) is 15.9. The van der Waals surface area contributed by atoms with Gasteiger partial charge >= 0.3 is 0 Å². The van der Waals surface area contributed by atoms with Crippen molar-refractivity contribution in [3.8, 4) is 34.3 Å². The van der Waals surface area contributed by atoms with E-state index in [4.69, 9.17) is 32.8 Å². The minimum absolute atomic E-state index is 0.0993. The van der Waals surface area contributed by atoms with Crippen LogP contribution in [0.2, 0.25) is 0 Å². The fraction of sp³-hybridized carbons (Fsp3) is 0.531. The first kappa shape index (κ1) is 38.0. The van der Waals surface area contributed by atoms with E-state index in [0.717, 1.165) is 12.1 Å². The monoisotopic (exact) mass is 742 g/mol. The minimum Gasteiger partial charge on any atom is -0.508 e. The molecule has 12 N–H and O–H groups in total. The van der Waals surface area contributed by atoms with Gasteiger partial charge in [-0.25, -0.2) is 0 Å². The van der Waals surface area contributed by atoms with Crippen molar-refractivity contribution < 1.29 is 94.1 Å². The van der Waals surface area contributed by atoms with E-state index in [1.807, 2.05) is 0 Å². The van der Waals surface area contributed by atoms with E-state index in [1.54, 1.807) is 0 Å². The van der Waals surface area contributed by atoms with Crippen molar-refractivity contribution in [1.82, 2.24) is 0 Å². The zero-order chi connectivity index (χ0) is 37.6. The molecule has 1 aromatic heterocycles. The molecular formula is C32H38O20. The topological polar surface area (TPSA) is 328 Å². The summed E-state index contributed by atoms with van der Waals surface area (Å²) in [6, 6.07) is 7.17.